The van der Waals surface area contributed by atoms with E-state index in [1.54, 1.807) is 0 Å². The molecule has 1 aromatic carbocycles. The summed E-state index contributed by atoms with van der Waals surface area (Å²) < 4.78 is 0.573. The molecule has 0 unspecified atom stereocenters. The maximum atomic E-state index is 11.9. The highest BCUT2D eigenvalue weighted by Crippen LogP contribution is 2.34. The molecule has 0 atom stereocenters. The summed E-state index contributed by atoms with van der Waals surface area (Å²) in [5, 5.41) is 22.7. The molecule has 2 rings (SSSR count). The zero-order valence-electron chi connectivity index (χ0n) is 14.3. The predicted octanol–water partition coefficient (Wildman–Crippen LogP) is 4.23. The van der Waals surface area contributed by atoms with Crippen molar-refractivity contribution in [2.45, 2.75) is 39.5 Å². The maximum Gasteiger partial charge on any atom is 0.282 e. The van der Waals surface area contributed by atoms with Gasteiger partial charge in [0.1, 0.15) is 6.21 Å². The van der Waals surface area contributed by atoms with Gasteiger partial charge in [0.25, 0.3) is 5.69 Å². The van der Waals surface area contributed by atoms with Crippen LogP contribution in [0.3, 0.4) is 0 Å². The molecule has 0 aliphatic heterocycles. The summed E-state index contributed by atoms with van der Waals surface area (Å²) in [6.07, 6.45) is 2.52. The van der Waals surface area contributed by atoms with E-state index in [9.17, 15) is 15.3 Å². The molecule has 24 heavy (non-hydrogen) atoms. The number of aromatic nitrogens is 1. The number of benzene rings is 1. The fraction of sp³-hybridized carbons (Fsp3) is 0.333. The van der Waals surface area contributed by atoms with Gasteiger partial charge in [-0.3, -0.25) is 10.1 Å². The van der Waals surface area contributed by atoms with E-state index in [-0.39, 0.29) is 23.2 Å². The Balaban J connectivity index is 2.53. The number of aliphatic imine (C=N–C) groups is 1. The summed E-state index contributed by atoms with van der Waals surface area (Å²) in [4.78, 5) is 14.9. The maximum absolute atomic E-state index is 11.9. The highest BCUT2D eigenvalue weighted by Gasteiger charge is 2.15. The van der Waals surface area contributed by atoms with Crippen LogP contribution in [0.4, 0.5) is 11.4 Å². The van der Waals surface area contributed by atoms with Crippen LogP contribution in [-0.4, -0.2) is 11.1 Å². The third-order valence-corrected chi connectivity index (χ3v) is 3.81. The van der Waals surface area contributed by atoms with Crippen molar-refractivity contribution in [3.63, 3.8) is 0 Å². The Labute approximate surface area is 141 Å². The van der Waals surface area contributed by atoms with E-state index < -0.39 is 4.92 Å². The fourth-order valence-corrected chi connectivity index (χ4v) is 2.49. The Morgan fingerprint density at radius 1 is 1.12 bits per heavy atom. The molecule has 126 valence electrons. The van der Waals surface area contributed by atoms with E-state index >= 15 is 0 Å². The topological polar surface area (TPSA) is 82.4 Å². The molecule has 6 nitrogen and oxygen atoms in total. The van der Waals surface area contributed by atoms with Gasteiger partial charge < -0.3 is 5.21 Å². The minimum absolute atomic E-state index is 0.134. The average Bonchev–Trinajstić information content (AvgIpc) is 2.53. The lowest BCUT2D eigenvalue weighted by molar-refractivity contribution is -0.607. The van der Waals surface area contributed by atoms with Gasteiger partial charge in [0.15, 0.2) is 6.20 Å². The van der Waals surface area contributed by atoms with Crippen molar-refractivity contribution < 1.29 is 9.65 Å². The molecule has 0 aliphatic rings. The Morgan fingerprint density at radius 3 is 2.21 bits per heavy atom. The highest BCUT2D eigenvalue weighted by atomic mass is 16.6. The fourth-order valence-electron chi connectivity index (χ4n) is 2.49. The standard InChI is InChI=1S/C18H21N3O3/c1-12(2)16-6-5-7-17(13(3)4)18(16)19-11-15-10-14(21(23)24)8-9-20(15)22/h5-13H,1-4H3. The van der Waals surface area contributed by atoms with Crippen molar-refractivity contribution in [3.8, 4) is 0 Å². The quantitative estimate of drug-likeness (QED) is 0.271. The lowest BCUT2D eigenvalue weighted by atomic mass is 9.93. The van der Waals surface area contributed by atoms with E-state index in [1.807, 2.05) is 18.2 Å². The lowest BCUT2D eigenvalue weighted by Crippen LogP contribution is -2.30. The summed E-state index contributed by atoms with van der Waals surface area (Å²) in [6, 6.07) is 8.43. The SMILES string of the molecule is CC(C)c1cccc(C(C)C)c1N=Cc1cc([N+](=O)[O-])cc[n+]1[O-]. The van der Waals surface area contributed by atoms with Crippen LogP contribution < -0.4 is 4.73 Å². The third kappa shape index (κ3) is 3.76. The Morgan fingerprint density at radius 2 is 1.71 bits per heavy atom. The zero-order valence-corrected chi connectivity index (χ0v) is 14.3. The van der Waals surface area contributed by atoms with E-state index in [0.29, 0.717) is 4.73 Å². The summed E-state index contributed by atoms with van der Waals surface area (Å²) in [5.74, 6) is 0.556. The van der Waals surface area contributed by atoms with Gasteiger partial charge in [0, 0.05) is 0 Å². The summed E-state index contributed by atoms with van der Waals surface area (Å²) in [7, 11) is 0. The monoisotopic (exact) mass is 327 g/mol. The largest absolute Gasteiger partial charge is 0.618 e. The number of nitrogens with zero attached hydrogens (tertiary/aromatic N) is 3. The van der Waals surface area contributed by atoms with Crippen LogP contribution in [0.1, 0.15) is 56.4 Å². The second-order valence-electron chi connectivity index (χ2n) is 6.25. The number of nitro groups is 1. The van der Waals surface area contributed by atoms with Crippen LogP contribution in [-0.2, 0) is 0 Å². The van der Waals surface area contributed by atoms with Crippen molar-refractivity contribution in [1.82, 2.24) is 0 Å². The number of hydrogen-bond donors (Lipinski definition) is 0. The molecule has 1 aromatic heterocycles. The normalized spacial score (nSPS) is 11.6. The first kappa shape index (κ1) is 17.6. The van der Waals surface area contributed by atoms with Crippen molar-refractivity contribution >= 4 is 17.6 Å². The van der Waals surface area contributed by atoms with Crippen molar-refractivity contribution in [2.24, 2.45) is 4.99 Å². The predicted molar refractivity (Wildman–Crippen MR) is 93.9 cm³/mol. The van der Waals surface area contributed by atoms with Gasteiger partial charge in [-0.2, -0.15) is 4.73 Å². The van der Waals surface area contributed by atoms with E-state index in [2.05, 4.69) is 32.7 Å². The second-order valence-corrected chi connectivity index (χ2v) is 6.25. The summed E-state index contributed by atoms with van der Waals surface area (Å²) >= 11 is 0. The smallest absolute Gasteiger partial charge is 0.282 e. The molecule has 2 aromatic rings. The van der Waals surface area contributed by atoms with Gasteiger partial charge in [0.2, 0.25) is 5.69 Å². The van der Waals surface area contributed by atoms with Gasteiger partial charge in [0.05, 0.1) is 22.7 Å². The first-order chi connectivity index (χ1) is 11.3. The zero-order chi connectivity index (χ0) is 17.9. The van der Waals surface area contributed by atoms with Gasteiger partial charge in [-0.1, -0.05) is 45.9 Å². The molecular weight excluding hydrogens is 306 g/mol. The molecule has 6 heteroatoms. The molecule has 0 fully saturated rings. The molecule has 1 heterocycles. The van der Waals surface area contributed by atoms with E-state index in [0.717, 1.165) is 23.0 Å². The molecule has 0 saturated heterocycles. The highest BCUT2D eigenvalue weighted by molar-refractivity contribution is 5.80. The number of rotatable bonds is 5. The van der Waals surface area contributed by atoms with Crippen molar-refractivity contribution in [2.75, 3.05) is 0 Å². The Kier molecular flexibility index (Phi) is 5.28. The summed E-state index contributed by atoms with van der Waals surface area (Å²) in [5.41, 5.74) is 3.00. The van der Waals surface area contributed by atoms with Gasteiger partial charge in [-0.15, -0.1) is 0 Å². The van der Waals surface area contributed by atoms with Crippen molar-refractivity contribution in [1.29, 1.82) is 0 Å². The minimum atomic E-state index is -0.529. The van der Waals surface area contributed by atoms with Crippen LogP contribution in [0.5, 0.6) is 0 Å². The molecule has 0 bridgehead atoms. The number of para-hydroxylation sites is 1. The van der Waals surface area contributed by atoms with Gasteiger partial charge >= 0.3 is 0 Å². The third-order valence-electron chi connectivity index (χ3n) is 3.81. The van der Waals surface area contributed by atoms with Gasteiger partial charge in [-0.05, 0) is 23.0 Å². The Hall–Kier alpha value is -2.76. The summed E-state index contributed by atoms with van der Waals surface area (Å²) in [6.45, 7) is 8.33. The molecule has 0 aliphatic carbocycles. The molecule has 0 saturated carbocycles. The molecule has 0 spiro atoms. The average molecular weight is 327 g/mol. The van der Waals surface area contributed by atoms with Gasteiger partial charge in [-0.25, -0.2) is 4.99 Å². The van der Waals surface area contributed by atoms with Crippen LogP contribution in [0.2, 0.25) is 0 Å². The molecule has 0 N–H and O–H groups in total. The second kappa shape index (κ2) is 7.21. The number of pyridine rings is 1. The first-order valence-corrected chi connectivity index (χ1v) is 7.85. The molecular formula is C18H21N3O3. The van der Waals surface area contributed by atoms with Crippen LogP contribution in [0.15, 0.2) is 41.5 Å². The number of hydrogen-bond acceptors (Lipinski definition) is 4. The van der Waals surface area contributed by atoms with Crippen LogP contribution in [0.25, 0.3) is 0 Å². The lowest BCUT2D eigenvalue weighted by Gasteiger charge is -2.16. The minimum Gasteiger partial charge on any atom is -0.618 e. The van der Waals surface area contributed by atoms with E-state index in [1.165, 1.54) is 18.3 Å². The van der Waals surface area contributed by atoms with Crippen molar-refractivity contribution in [3.05, 3.63) is 68.7 Å². The molecule has 0 radical (unpaired) electrons. The first-order valence-electron chi connectivity index (χ1n) is 7.85. The van der Waals surface area contributed by atoms with Crippen LogP contribution in [0, 0.1) is 15.3 Å². The Bertz CT molecular complexity index is 757. The molecule has 0 amide bonds. The van der Waals surface area contributed by atoms with Crippen LogP contribution >= 0.6 is 0 Å². The van der Waals surface area contributed by atoms with E-state index in [4.69, 9.17) is 0 Å².